The van der Waals surface area contributed by atoms with Crippen LogP contribution in [0.2, 0.25) is 0 Å². The minimum atomic E-state index is -0.731. The molecule has 2 aliphatic heterocycles. The van der Waals surface area contributed by atoms with Gasteiger partial charge >= 0.3 is 0 Å². The fourth-order valence-electron chi connectivity index (χ4n) is 5.11. The first-order valence-electron chi connectivity index (χ1n) is 11.6. The Kier molecular flexibility index (Phi) is 5.76. The van der Waals surface area contributed by atoms with E-state index in [-0.39, 0.29) is 18.0 Å². The molecule has 5 heterocycles. The van der Waals surface area contributed by atoms with Gasteiger partial charge in [-0.15, -0.1) is 0 Å². The van der Waals surface area contributed by atoms with Crippen molar-refractivity contribution in [3.05, 3.63) is 47.9 Å². The Hall–Kier alpha value is -3.04. The predicted molar refractivity (Wildman–Crippen MR) is 124 cm³/mol. The number of pyridine rings is 1. The molecule has 0 spiro atoms. The zero-order valence-corrected chi connectivity index (χ0v) is 19.2. The summed E-state index contributed by atoms with van der Waals surface area (Å²) in [7, 11) is 0. The van der Waals surface area contributed by atoms with Gasteiger partial charge in [0.25, 0.3) is 5.91 Å². The van der Waals surface area contributed by atoms with Crippen LogP contribution >= 0.6 is 0 Å². The molecule has 2 saturated heterocycles. The molecule has 5 rings (SSSR count). The number of anilines is 1. The number of rotatable bonds is 4. The van der Waals surface area contributed by atoms with Crippen LogP contribution in [0.25, 0.3) is 11.0 Å². The summed E-state index contributed by atoms with van der Waals surface area (Å²) in [4.78, 5) is 30.7. The van der Waals surface area contributed by atoms with E-state index in [9.17, 15) is 9.90 Å². The molecule has 1 unspecified atom stereocenters. The second-order valence-electron chi connectivity index (χ2n) is 9.17. The molecule has 0 bridgehead atoms. The van der Waals surface area contributed by atoms with Gasteiger partial charge in [0.05, 0.1) is 5.69 Å². The van der Waals surface area contributed by atoms with Crippen LogP contribution in [0.5, 0.6) is 0 Å². The van der Waals surface area contributed by atoms with Crippen molar-refractivity contribution in [2.45, 2.75) is 51.3 Å². The molecule has 2 aliphatic rings. The average molecular weight is 451 g/mol. The molecule has 3 aromatic rings. The minimum absolute atomic E-state index is 0.0422. The highest BCUT2D eigenvalue weighted by Gasteiger charge is 2.34. The first-order chi connectivity index (χ1) is 15.9. The third-order valence-electron chi connectivity index (χ3n) is 6.64. The summed E-state index contributed by atoms with van der Waals surface area (Å²) in [6, 6.07) is 5.62. The number of fused-ring (bicyclic) bond motifs is 1. The van der Waals surface area contributed by atoms with Gasteiger partial charge in [0.15, 0.2) is 11.6 Å². The van der Waals surface area contributed by atoms with Crippen LogP contribution in [0.4, 0.5) is 5.82 Å². The van der Waals surface area contributed by atoms with E-state index in [1.54, 1.807) is 19.3 Å². The van der Waals surface area contributed by atoms with Gasteiger partial charge in [0.2, 0.25) is 0 Å². The van der Waals surface area contributed by atoms with E-state index in [0.29, 0.717) is 36.2 Å². The van der Waals surface area contributed by atoms with Crippen molar-refractivity contribution in [1.29, 1.82) is 0 Å². The third kappa shape index (κ3) is 4.06. The SMILES string of the molecule is C[C@@H]1CN(C(=O)c2cc3c(C4CCNC4)nccc3o2)C[C@H](C)N1c1ccnc([C@@H](C)O)n1. The van der Waals surface area contributed by atoms with Crippen molar-refractivity contribution in [2.24, 2.45) is 0 Å². The number of carbonyl (C=O) groups is 1. The summed E-state index contributed by atoms with van der Waals surface area (Å²) in [6.07, 6.45) is 3.74. The molecule has 4 atom stereocenters. The van der Waals surface area contributed by atoms with Crippen molar-refractivity contribution in [2.75, 3.05) is 31.1 Å². The predicted octanol–water partition coefficient (Wildman–Crippen LogP) is 2.49. The molecule has 9 nitrogen and oxygen atoms in total. The molecule has 1 amide bonds. The lowest BCUT2D eigenvalue weighted by molar-refractivity contribution is 0.0670. The topological polar surface area (TPSA) is 108 Å². The molecular weight excluding hydrogens is 420 g/mol. The number of hydrogen-bond donors (Lipinski definition) is 2. The first kappa shape index (κ1) is 21.8. The van der Waals surface area contributed by atoms with Crippen molar-refractivity contribution < 1.29 is 14.3 Å². The maximum atomic E-state index is 13.4. The summed E-state index contributed by atoms with van der Waals surface area (Å²) < 4.78 is 5.99. The summed E-state index contributed by atoms with van der Waals surface area (Å²) in [6.45, 7) is 8.79. The second-order valence-corrected chi connectivity index (χ2v) is 9.17. The molecule has 9 heteroatoms. The smallest absolute Gasteiger partial charge is 0.289 e. The van der Waals surface area contributed by atoms with Gasteiger partial charge in [0, 0.05) is 55.4 Å². The molecule has 2 N–H and O–H groups in total. The number of carbonyl (C=O) groups excluding carboxylic acids is 1. The zero-order chi connectivity index (χ0) is 23.1. The van der Waals surface area contributed by atoms with Gasteiger partial charge in [0.1, 0.15) is 17.5 Å². The van der Waals surface area contributed by atoms with Crippen LogP contribution in [0.15, 0.2) is 35.0 Å². The number of aliphatic hydroxyl groups excluding tert-OH is 1. The fourth-order valence-corrected chi connectivity index (χ4v) is 5.11. The van der Waals surface area contributed by atoms with Gasteiger partial charge in [-0.05, 0) is 51.9 Å². The van der Waals surface area contributed by atoms with Crippen molar-refractivity contribution in [3.63, 3.8) is 0 Å². The standard InChI is InChI=1S/C24H30N6O3/c1-14-12-29(13-15(2)30(14)21-6-9-27-23(28-21)16(3)31)24(32)20-10-18-19(33-20)5-8-26-22(18)17-4-7-25-11-17/h5-6,8-10,14-17,25,31H,4,7,11-13H2,1-3H3/t14-,15+,16-,17?/m1/s1. The van der Waals surface area contributed by atoms with Crippen LogP contribution in [0.3, 0.4) is 0 Å². The Bertz CT molecular complexity index is 1140. The van der Waals surface area contributed by atoms with Crippen molar-refractivity contribution in [3.8, 4) is 0 Å². The number of hydrogen-bond acceptors (Lipinski definition) is 8. The van der Waals surface area contributed by atoms with Gasteiger partial charge in [-0.3, -0.25) is 9.78 Å². The van der Waals surface area contributed by atoms with Crippen LogP contribution in [-0.2, 0) is 0 Å². The summed E-state index contributed by atoms with van der Waals surface area (Å²) in [5.41, 5.74) is 1.71. The highest BCUT2D eigenvalue weighted by Crippen LogP contribution is 2.31. The van der Waals surface area contributed by atoms with E-state index in [1.807, 2.05) is 23.1 Å². The summed E-state index contributed by atoms with van der Waals surface area (Å²) in [5.74, 6) is 1.76. The van der Waals surface area contributed by atoms with Gasteiger partial charge < -0.3 is 24.6 Å². The van der Waals surface area contributed by atoms with Crippen molar-refractivity contribution in [1.82, 2.24) is 25.2 Å². The van der Waals surface area contributed by atoms with Gasteiger partial charge in [-0.2, -0.15) is 0 Å². The van der Waals surface area contributed by atoms with E-state index < -0.39 is 6.10 Å². The average Bonchev–Trinajstić information content (AvgIpc) is 3.48. The number of aliphatic hydroxyl groups is 1. The Labute approximate surface area is 192 Å². The molecule has 3 aromatic heterocycles. The van der Waals surface area contributed by atoms with Crippen LogP contribution in [-0.4, -0.2) is 69.1 Å². The van der Waals surface area contributed by atoms with E-state index >= 15 is 0 Å². The van der Waals surface area contributed by atoms with E-state index in [2.05, 4.69) is 39.0 Å². The van der Waals surface area contributed by atoms with Crippen molar-refractivity contribution >= 4 is 22.7 Å². The number of nitrogens with one attached hydrogen (secondary N) is 1. The Morgan fingerprint density at radius 3 is 2.67 bits per heavy atom. The minimum Gasteiger partial charge on any atom is -0.451 e. The van der Waals surface area contributed by atoms with E-state index in [1.165, 1.54) is 0 Å². The lowest BCUT2D eigenvalue weighted by Gasteiger charge is -2.45. The largest absolute Gasteiger partial charge is 0.451 e. The fraction of sp³-hybridized carbons (Fsp3) is 0.500. The maximum Gasteiger partial charge on any atom is 0.289 e. The molecule has 0 aliphatic carbocycles. The van der Waals surface area contributed by atoms with E-state index in [0.717, 1.165) is 36.4 Å². The Balaban J connectivity index is 1.37. The third-order valence-corrected chi connectivity index (χ3v) is 6.64. The van der Waals surface area contributed by atoms with Crippen LogP contribution < -0.4 is 10.2 Å². The molecule has 0 aromatic carbocycles. The quantitative estimate of drug-likeness (QED) is 0.624. The van der Waals surface area contributed by atoms with E-state index in [4.69, 9.17) is 4.42 Å². The molecule has 174 valence electrons. The molecule has 0 saturated carbocycles. The summed E-state index contributed by atoms with van der Waals surface area (Å²) >= 11 is 0. The Morgan fingerprint density at radius 2 is 1.97 bits per heavy atom. The second kappa shape index (κ2) is 8.72. The zero-order valence-electron chi connectivity index (χ0n) is 19.2. The molecule has 0 radical (unpaired) electrons. The lowest BCUT2D eigenvalue weighted by Crippen LogP contribution is -2.58. The Morgan fingerprint density at radius 1 is 1.21 bits per heavy atom. The number of aromatic nitrogens is 3. The number of piperazine rings is 1. The van der Waals surface area contributed by atoms with Crippen LogP contribution in [0, 0.1) is 0 Å². The molecule has 2 fully saturated rings. The maximum absolute atomic E-state index is 13.4. The number of nitrogens with zero attached hydrogens (tertiary/aromatic N) is 5. The molecule has 33 heavy (non-hydrogen) atoms. The van der Waals surface area contributed by atoms with Gasteiger partial charge in [-0.1, -0.05) is 0 Å². The monoisotopic (exact) mass is 450 g/mol. The highest BCUT2D eigenvalue weighted by molar-refractivity contribution is 5.97. The highest BCUT2D eigenvalue weighted by atomic mass is 16.3. The number of amides is 1. The first-order valence-corrected chi connectivity index (χ1v) is 11.6. The summed E-state index contributed by atoms with van der Waals surface area (Å²) in [5, 5.41) is 14.2. The normalized spacial score (nSPS) is 24.4. The molecular formula is C24H30N6O3. The van der Waals surface area contributed by atoms with Gasteiger partial charge in [-0.25, -0.2) is 9.97 Å². The lowest BCUT2D eigenvalue weighted by atomic mass is 10.0. The van der Waals surface area contributed by atoms with Crippen LogP contribution in [0.1, 0.15) is 61.3 Å². The number of furan rings is 1.